The standard InChI is InChI=1S/C30H33N7O2/c1-35-15-17-36(18-16-35)28(38)12-6-9-25-21-37(26-10-3-2-4-11-26)30(33-25)34-29(39)23-8-5-7-22(19-23)24-13-14-27(31)32-20-24/h2-5,7-8,10-11,13-14,19-21H,6,9,12,15-18H2,1H3,(H2,31,32)(H,33,34,39). The topological polar surface area (TPSA) is 109 Å². The summed E-state index contributed by atoms with van der Waals surface area (Å²) < 4.78 is 1.88. The lowest BCUT2D eigenvalue weighted by molar-refractivity contribution is -0.132. The molecule has 1 saturated heterocycles. The van der Waals surface area contributed by atoms with Gasteiger partial charge in [-0.3, -0.25) is 19.5 Å². The van der Waals surface area contributed by atoms with Crippen molar-refractivity contribution in [3.63, 3.8) is 0 Å². The fraction of sp³-hybridized carbons (Fsp3) is 0.267. The number of nitrogen functional groups attached to an aromatic ring is 1. The van der Waals surface area contributed by atoms with Crippen molar-refractivity contribution in [2.24, 2.45) is 0 Å². The van der Waals surface area contributed by atoms with Crippen LogP contribution in [0.15, 0.2) is 79.1 Å². The first-order valence-corrected chi connectivity index (χ1v) is 13.2. The summed E-state index contributed by atoms with van der Waals surface area (Å²) in [7, 11) is 2.08. The smallest absolute Gasteiger partial charge is 0.258 e. The number of nitrogens with two attached hydrogens (primary N) is 1. The maximum absolute atomic E-state index is 13.3. The number of hydrogen-bond donors (Lipinski definition) is 2. The molecule has 2 aromatic carbocycles. The Morgan fingerprint density at radius 3 is 2.49 bits per heavy atom. The van der Waals surface area contributed by atoms with Gasteiger partial charge in [0.05, 0.1) is 5.69 Å². The molecule has 5 rings (SSSR count). The van der Waals surface area contributed by atoms with Crippen LogP contribution in [0.25, 0.3) is 16.8 Å². The Hall–Kier alpha value is -4.50. The summed E-state index contributed by atoms with van der Waals surface area (Å²) in [6.45, 7) is 3.39. The minimum Gasteiger partial charge on any atom is -0.384 e. The fourth-order valence-electron chi connectivity index (χ4n) is 4.65. The maximum Gasteiger partial charge on any atom is 0.258 e. The highest BCUT2D eigenvalue weighted by Gasteiger charge is 2.19. The number of imidazole rings is 1. The van der Waals surface area contributed by atoms with Gasteiger partial charge in [-0.2, -0.15) is 0 Å². The van der Waals surface area contributed by atoms with Crippen LogP contribution in [-0.2, 0) is 11.2 Å². The molecule has 3 N–H and O–H groups in total. The van der Waals surface area contributed by atoms with E-state index in [1.54, 1.807) is 18.3 Å². The van der Waals surface area contributed by atoms with Gasteiger partial charge in [0.15, 0.2) is 0 Å². The molecule has 0 spiro atoms. The van der Waals surface area contributed by atoms with E-state index in [2.05, 4.69) is 22.2 Å². The fourth-order valence-corrected chi connectivity index (χ4v) is 4.65. The number of piperazine rings is 1. The normalized spacial score (nSPS) is 13.8. The number of para-hydroxylation sites is 1. The van der Waals surface area contributed by atoms with Crippen molar-refractivity contribution in [3.05, 3.63) is 90.4 Å². The van der Waals surface area contributed by atoms with E-state index in [4.69, 9.17) is 10.7 Å². The molecule has 1 aliphatic heterocycles. The minimum atomic E-state index is -0.264. The maximum atomic E-state index is 13.3. The highest BCUT2D eigenvalue weighted by atomic mass is 16.2. The Morgan fingerprint density at radius 1 is 0.949 bits per heavy atom. The van der Waals surface area contributed by atoms with Gasteiger partial charge in [0.25, 0.3) is 5.91 Å². The molecule has 9 nitrogen and oxygen atoms in total. The Labute approximate surface area is 228 Å². The molecule has 1 aliphatic rings. The summed E-state index contributed by atoms with van der Waals surface area (Å²) in [6, 6.07) is 20.7. The van der Waals surface area contributed by atoms with Gasteiger partial charge in [0, 0.05) is 61.8 Å². The lowest BCUT2D eigenvalue weighted by atomic mass is 10.0. The second-order valence-corrected chi connectivity index (χ2v) is 9.81. The number of aryl methyl sites for hydroxylation is 1. The van der Waals surface area contributed by atoms with Crippen LogP contribution in [0.1, 0.15) is 28.9 Å². The molecule has 0 unspecified atom stereocenters. The van der Waals surface area contributed by atoms with Crippen molar-refractivity contribution in [2.75, 3.05) is 44.3 Å². The number of benzene rings is 2. The lowest BCUT2D eigenvalue weighted by Crippen LogP contribution is -2.47. The third-order valence-corrected chi connectivity index (χ3v) is 6.94. The van der Waals surface area contributed by atoms with Crippen LogP contribution in [0.2, 0.25) is 0 Å². The number of hydrogen-bond acceptors (Lipinski definition) is 6. The predicted molar refractivity (Wildman–Crippen MR) is 153 cm³/mol. The summed E-state index contributed by atoms with van der Waals surface area (Å²) in [5.74, 6) is 0.807. The van der Waals surface area contributed by atoms with Gasteiger partial charge in [-0.25, -0.2) is 9.97 Å². The third kappa shape index (κ3) is 6.50. The molecule has 4 aromatic rings. The molecular formula is C30H33N7O2. The zero-order valence-electron chi connectivity index (χ0n) is 22.1. The number of carbonyl (C=O) groups is 2. The van der Waals surface area contributed by atoms with E-state index >= 15 is 0 Å². The number of aromatic nitrogens is 3. The zero-order valence-corrected chi connectivity index (χ0v) is 22.1. The minimum absolute atomic E-state index is 0.190. The SMILES string of the molecule is CN1CCN(C(=O)CCCc2cn(-c3ccccc3)c(NC(=O)c3cccc(-c4ccc(N)nc4)c3)n2)CC1. The molecule has 200 valence electrons. The molecule has 1 fully saturated rings. The monoisotopic (exact) mass is 523 g/mol. The van der Waals surface area contributed by atoms with Crippen LogP contribution in [0.4, 0.5) is 11.8 Å². The molecule has 3 heterocycles. The van der Waals surface area contributed by atoms with Crippen LogP contribution in [0, 0.1) is 0 Å². The third-order valence-electron chi connectivity index (χ3n) is 6.94. The largest absolute Gasteiger partial charge is 0.384 e. The molecule has 9 heteroatoms. The summed E-state index contributed by atoms with van der Waals surface area (Å²) in [6.07, 6.45) is 5.44. The van der Waals surface area contributed by atoms with E-state index in [1.165, 1.54) is 0 Å². The number of anilines is 2. The van der Waals surface area contributed by atoms with E-state index in [1.807, 2.05) is 70.3 Å². The van der Waals surface area contributed by atoms with Crippen molar-refractivity contribution in [2.45, 2.75) is 19.3 Å². The van der Waals surface area contributed by atoms with E-state index in [-0.39, 0.29) is 11.8 Å². The van der Waals surface area contributed by atoms with Crippen molar-refractivity contribution in [1.82, 2.24) is 24.3 Å². The van der Waals surface area contributed by atoms with Crippen LogP contribution in [0.3, 0.4) is 0 Å². The molecule has 0 saturated carbocycles. The number of amides is 2. The Morgan fingerprint density at radius 2 is 1.74 bits per heavy atom. The van der Waals surface area contributed by atoms with Gasteiger partial charge in [-0.05, 0) is 61.9 Å². The van der Waals surface area contributed by atoms with E-state index < -0.39 is 0 Å². The van der Waals surface area contributed by atoms with E-state index in [0.29, 0.717) is 36.6 Å². The summed E-state index contributed by atoms with van der Waals surface area (Å²) >= 11 is 0. The van der Waals surface area contributed by atoms with E-state index in [9.17, 15) is 9.59 Å². The average molecular weight is 524 g/mol. The van der Waals surface area contributed by atoms with Gasteiger partial charge in [0.1, 0.15) is 5.82 Å². The molecule has 0 atom stereocenters. The predicted octanol–water partition coefficient (Wildman–Crippen LogP) is 3.87. The molecule has 2 amide bonds. The van der Waals surface area contributed by atoms with Gasteiger partial charge in [-0.15, -0.1) is 0 Å². The first-order chi connectivity index (χ1) is 19.0. The quantitative estimate of drug-likeness (QED) is 0.363. The van der Waals surface area contributed by atoms with Crippen molar-refractivity contribution >= 4 is 23.6 Å². The van der Waals surface area contributed by atoms with Gasteiger partial charge in [-0.1, -0.05) is 30.3 Å². The average Bonchev–Trinajstić information content (AvgIpc) is 3.36. The van der Waals surface area contributed by atoms with Crippen molar-refractivity contribution in [1.29, 1.82) is 0 Å². The van der Waals surface area contributed by atoms with Crippen molar-refractivity contribution < 1.29 is 9.59 Å². The molecule has 0 aliphatic carbocycles. The van der Waals surface area contributed by atoms with Crippen molar-refractivity contribution in [3.8, 4) is 16.8 Å². The highest BCUT2D eigenvalue weighted by Crippen LogP contribution is 2.22. The van der Waals surface area contributed by atoms with Gasteiger partial charge < -0.3 is 15.5 Å². The lowest BCUT2D eigenvalue weighted by Gasteiger charge is -2.32. The number of nitrogens with one attached hydrogen (secondary N) is 1. The molecule has 39 heavy (non-hydrogen) atoms. The van der Waals surface area contributed by atoms with Crippen LogP contribution in [-0.4, -0.2) is 69.4 Å². The second-order valence-electron chi connectivity index (χ2n) is 9.81. The second kappa shape index (κ2) is 11.9. The van der Waals surface area contributed by atoms with Gasteiger partial charge in [0.2, 0.25) is 11.9 Å². The Bertz CT molecular complexity index is 1430. The molecule has 0 bridgehead atoms. The number of nitrogens with zero attached hydrogens (tertiary/aromatic N) is 5. The summed E-state index contributed by atoms with van der Waals surface area (Å²) in [5.41, 5.74) is 9.67. The van der Waals surface area contributed by atoms with Gasteiger partial charge >= 0.3 is 0 Å². The Balaban J connectivity index is 1.30. The van der Waals surface area contributed by atoms with Crippen LogP contribution in [0.5, 0.6) is 0 Å². The highest BCUT2D eigenvalue weighted by molar-refractivity contribution is 6.04. The molecule has 2 aromatic heterocycles. The number of likely N-dealkylation sites (N-methyl/N-ethyl adjacent to an activating group) is 1. The molecular weight excluding hydrogens is 490 g/mol. The molecule has 0 radical (unpaired) electrons. The zero-order chi connectivity index (χ0) is 27.2. The summed E-state index contributed by atoms with van der Waals surface area (Å²) in [4.78, 5) is 39.0. The number of carbonyl (C=O) groups excluding carboxylic acids is 2. The van der Waals surface area contributed by atoms with Crippen LogP contribution < -0.4 is 11.1 Å². The Kier molecular flexibility index (Phi) is 7.98. The number of rotatable bonds is 8. The number of pyridine rings is 1. The first-order valence-electron chi connectivity index (χ1n) is 13.2. The first kappa shape index (κ1) is 26.1. The van der Waals surface area contributed by atoms with E-state index in [0.717, 1.165) is 48.7 Å². The van der Waals surface area contributed by atoms with Crippen LogP contribution >= 0.6 is 0 Å². The summed E-state index contributed by atoms with van der Waals surface area (Å²) in [5, 5.41) is 2.99.